The van der Waals surface area contributed by atoms with E-state index in [1.807, 2.05) is 42.5 Å². The second kappa shape index (κ2) is 24.7. The first kappa shape index (κ1) is 52.7. The molecule has 0 spiro atoms. The molecule has 3 fully saturated rings. The van der Waals surface area contributed by atoms with Crippen molar-refractivity contribution >= 4 is 23.8 Å². The molecule has 2 aromatic rings. The zero-order valence-corrected chi connectivity index (χ0v) is 36.6. The first-order valence-electron chi connectivity index (χ1n) is 21.7. The minimum Gasteiger partial charge on any atom is -0.477 e. The van der Waals surface area contributed by atoms with E-state index in [0.29, 0.717) is 24.8 Å². The van der Waals surface area contributed by atoms with Crippen molar-refractivity contribution in [3.63, 3.8) is 0 Å². The highest BCUT2D eigenvalue weighted by Gasteiger charge is 2.57. The molecule has 22 heteroatoms. The molecule has 66 heavy (non-hydrogen) atoms. The van der Waals surface area contributed by atoms with Crippen LogP contribution < -0.4 is 10.6 Å². The largest absolute Gasteiger partial charge is 0.477 e. The number of aliphatic carboxylic acids is 1. The van der Waals surface area contributed by atoms with E-state index in [2.05, 4.69) is 15.4 Å². The lowest BCUT2D eigenvalue weighted by Gasteiger charge is -2.48. The van der Waals surface area contributed by atoms with Gasteiger partial charge in [-0.25, -0.2) is 4.79 Å². The van der Waals surface area contributed by atoms with Crippen LogP contribution >= 0.6 is 0 Å². The zero-order valence-electron chi connectivity index (χ0n) is 36.6. The highest BCUT2D eigenvalue weighted by Crippen LogP contribution is 2.36. The average Bonchev–Trinajstić information content (AvgIpc) is 3.30. The third-order valence-corrected chi connectivity index (χ3v) is 11.6. The number of aliphatic hydroxyl groups is 8. The molecule has 2 aromatic carbocycles. The number of unbranched alkanes of at least 4 members (excludes halogenated alkanes) is 2. The summed E-state index contributed by atoms with van der Waals surface area (Å²) >= 11 is 0. The standard InChI is InChI=1S/C44H62N2O20/c1-23(48)46-35-28(50)19-44(43(58)59,66-41(35)36(54)29(51)20-45-32(52)17-24-12-14-26(15-13-24)25-9-5-3-6-10-25)62-22-31-37(55)38(56)39(57)42(64-31)65-40-27(49)18-34(63-30(40)21-47)61-16-8-4-7-11-33(53)60-2/h3,5-6,9-10,12-15,27-31,34-42,47,49-51,54-57H,4,7-8,11,16-22H2,1-2H3,(H,45,52)(H,46,48)(H,58,59)/t27-,28+,29?,30-,31-,34-,35-,36-,37+,38+,39-,40+,41?,42+,44-/m1/s1. The van der Waals surface area contributed by atoms with Crippen molar-refractivity contribution in [2.75, 3.05) is 33.5 Å². The van der Waals surface area contributed by atoms with Crippen molar-refractivity contribution in [3.05, 3.63) is 60.2 Å². The van der Waals surface area contributed by atoms with E-state index in [-0.39, 0.29) is 31.8 Å². The summed E-state index contributed by atoms with van der Waals surface area (Å²) < 4.78 is 39.0. The van der Waals surface area contributed by atoms with Crippen molar-refractivity contribution in [1.82, 2.24) is 10.6 Å². The normalized spacial score (nSPS) is 32.2. The highest BCUT2D eigenvalue weighted by atomic mass is 16.8. The molecule has 15 atom stereocenters. The third kappa shape index (κ3) is 13.9. The van der Waals surface area contributed by atoms with Gasteiger partial charge in [-0.3, -0.25) is 14.4 Å². The summed E-state index contributed by atoms with van der Waals surface area (Å²) in [7, 11) is 1.30. The smallest absolute Gasteiger partial charge is 0.364 e. The van der Waals surface area contributed by atoms with Gasteiger partial charge in [0.2, 0.25) is 11.8 Å². The van der Waals surface area contributed by atoms with Crippen LogP contribution in [0, 0.1) is 0 Å². The van der Waals surface area contributed by atoms with Gasteiger partial charge in [0.1, 0.15) is 48.8 Å². The Hall–Kier alpha value is -4.24. The molecular weight excluding hydrogens is 876 g/mol. The molecule has 0 bridgehead atoms. The molecule has 3 aliphatic rings. The molecule has 11 N–H and O–H groups in total. The van der Waals surface area contributed by atoms with Crippen LogP contribution in [0.25, 0.3) is 11.1 Å². The van der Waals surface area contributed by atoms with E-state index in [1.54, 1.807) is 12.1 Å². The van der Waals surface area contributed by atoms with E-state index < -0.39 is 136 Å². The molecule has 3 saturated heterocycles. The Morgan fingerprint density at radius 1 is 0.864 bits per heavy atom. The molecular formula is C44H62N2O20. The predicted octanol–water partition coefficient (Wildman–Crippen LogP) is -2.40. The Balaban J connectivity index is 1.20. The van der Waals surface area contributed by atoms with Crippen LogP contribution in [0.4, 0.5) is 0 Å². The van der Waals surface area contributed by atoms with E-state index in [1.165, 1.54) is 7.11 Å². The number of nitrogens with one attached hydrogen (secondary N) is 2. The molecule has 0 aromatic heterocycles. The maximum absolute atomic E-state index is 12.9. The van der Waals surface area contributed by atoms with Crippen LogP contribution in [-0.4, -0.2) is 195 Å². The van der Waals surface area contributed by atoms with Crippen LogP contribution in [0.5, 0.6) is 0 Å². The lowest BCUT2D eigenvalue weighted by atomic mass is 9.88. The number of rotatable bonds is 22. The number of benzene rings is 2. The number of amides is 2. The SMILES string of the molecule is COC(=O)CCCCCO[C@H]1C[C@@H](O)[C@H](O[C@@H]2O[C@H](CO[C@]3(C(=O)O)C[C@H](O)[C@@H](NC(C)=O)C([C@H](O)C(O)CNC(=O)Cc4ccc(-c5ccccc5)cc4)O3)[C@H](O)[C@H](O)[C@H]2O)[C@@H](CO)O1. The maximum Gasteiger partial charge on any atom is 0.364 e. The third-order valence-electron chi connectivity index (χ3n) is 11.6. The lowest BCUT2D eigenvalue weighted by molar-refractivity contribution is -0.357. The number of methoxy groups -OCH3 is 1. The number of carbonyl (C=O) groups excluding carboxylic acids is 3. The quantitative estimate of drug-likeness (QED) is 0.0433. The van der Waals surface area contributed by atoms with Gasteiger partial charge in [0, 0.05) is 39.3 Å². The zero-order chi connectivity index (χ0) is 48.1. The highest BCUT2D eigenvalue weighted by molar-refractivity contribution is 5.79. The van der Waals surface area contributed by atoms with Crippen LogP contribution in [0.3, 0.4) is 0 Å². The Kier molecular flexibility index (Phi) is 19.7. The second-order valence-electron chi connectivity index (χ2n) is 16.5. The first-order valence-corrected chi connectivity index (χ1v) is 21.7. The maximum atomic E-state index is 12.9. The van der Waals surface area contributed by atoms with Crippen LogP contribution in [-0.2, 0) is 58.8 Å². The molecule has 3 aliphatic heterocycles. The van der Waals surface area contributed by atoms with E-state index in [0.717, 1.165) is 18.1 Å². The molecule has 2 unspecified atom stereocenters. The van der Waals surface area contributed by atoms with Gasteiger partial charge in [-0.05, 0) is 29.5 Å². The number of carbonyl (C=O) groups is 4. The van der Waals surface area contributed by atoms with Crippen molar-refractivity contribution in [1.29, 1.82) is 0 Å². The summed E-state index contributed by atoms with van der Waals surface area (Å²) in [6.07, 6.45) is -21.1. The van der Waals surface area contributed by atoms with Crippen LogP contribution in [0.15, 0.2) is 54.6 Å². The molecule has 0 radical (unpaired) electrons. The van der Waals surface area contributed by atoms with Crippen LogP contribution in [0.2, 0.25) is 0 Å². The molecule has 0 aliphatic carbocycles. The first-order chi connectivity index (χ1) is 31.5. The molecule has 368 valence electrons. The monoisotopic (exact) mass is 938 g/mol. The second-order valence-corrected chi connectivity index (χ2v) is 16.5. The summed E-state index contributed by atoms with van der Waals surface area (Å²) in [6, 6.07) is 15.3. The van der Waals surface area contributed by atoms with Gasteiger partial charge in [0.15, 0.2) is 12.6 Å². The van der Waals surface area contributed by atoms with Gasteiger partial charge in [-0.1, -0.05) is 61.0 Å². The predicted molar refractivity (Wildman–Crippen MR) is 224 cm³/mol. The molecule has 5 rings (SSSR count). The van der Waals surface area contributed by atoms with Gasteiger partial charge in [-0.15, -0.1) is 0 Å². The van der Waals surface area contributed by atoms with Gasteiger partial charge in [0.25, 0.3) is 5.79 Å². The molecule has 0 saturated carbocycles. The Morgan fingerprint density at radius 2 is 1.56 bits per heavy atom. The molecule has 2 amide bonds. The summed E-state index contributed by atoms with van der Waals surface area (Å²) in [6.45, 7) is -0.914. The summed E-state index contributed by atoms with van der Waals surface area (Å²) in [5, 5.41) is 103. The number of carboxylic acid groups (broad SMARTS) is 1. The number of ether oxygens (including phenoxy) is 7. The topological polar surface area (TPSA) is 339 Å². The number of aliphatic hydroxyl groups excluding tert-OH is 8. The van der Waals surface area contributed by atoms with Crippen LogP contribution in [0.1, 0.15) is 51.0 Å². The van der Waals surface area contributed by atoms with E-state index >= 15 is 0 Å². The van der Waals surface area contributed by atoms with E-state index in [4.69, 9.17) is 28.4 Å². The Morgan fingerprint density at radius 3 is 2.21 bits per heavy atom. The fourth-order valence-corrected chi connectivity index (χ4v) is 7.94. The van der Waals surface area contributed by atoms with Crippen molar-refractivity contribution in [3.8, 4) is 11.1 Å². The van der Waals surface area contributed by atoms with Gasteiger partial charge >= 0.3 is 11.9 Å². The van der Waals surface area contributed by atoms with Crippen molar-refractivity contribution in [2.24, 2.45) is 0 Å². The fourth-order valence-electron chi connectivity index (χ4n) is 7.94. The Bertz CT molecular complexity index is 1860. The fraction of sp³-hybridized carbons (Fsp3) is 0.636. The van der Waals surface area contributed by atoms with Crippen molar-refractivity contribution in [2.45, 2.75) is 143 Å². The number of esters is 1. The minimum absolute atomic E-state index is 0.0943. The lowest BCUT2D eigenvalue weighted by Crippen LogP contribution is -2.68. The van der Waals surface area contributed by atoms with E-state index in [9.17, 15) is 65.1 Å². The number of hydrogen-bond donors (Lipinski definition) is 11. The summed E-state index contributed by atoms with van der Waals surface area (Å²) in [5.74, 6) is -6.30. The van der Waals surface area contributed by atoms with Gasteiger partial charge in [-0.2, -0.15) is 0 Å². The van der Waals surface area contributed by atoms with Gasteiger partial charge in [0.05, 0.1) is 51.1 Å². The number of hydrogen-bond acceptors (Lipinski definition) is 19. The van der Waals surface area contributed by atoms with Crippen molar-refractivity contribution < 1.29 is 98.3 Å². The van der Waals surface area contributed by atoms with Gasteiger partial charge < -0.3 is 89.8 Å². The average molecular weight is 939 g/mol. The summed E-state index contributed by atoms with van der Waals surface area (Å²) in [4.78, 5) is 49.2. The summed E-state index contributed by atoms with van der Waals surface area (Å²) in [5.41, 5.74) is 2.56. The Labute approximate surface area is 380 Å². The molecule has 22 nitrogen and oxygen atoms in total. The minimum atomic E-state index is -2.86. The number of carboxylic acids is 1. The molecule has 3 heterocycles.